The third-order valence-corrected chi connectivity index (χ3v) is 11.9. The number of methoxy groups -OCH3 is 1. The number of nitrogens with two attached hydrogens (primary N) is 1. The predicted octanol–water partition coefficient (Wildman–Crippen LogP) is 5.81. The molecule has 4 rings (SSSR count). The second-order valence-corrected chi connectivity index (χ2v) is 16.0. The third kappa shape index (κ3) is 12.6. The highest BCUT2D eigenvalue weighted by Crippen LogP contribution is 2.29. The van der Waals surface area contributed by atoms with Crippen molar-refractivity contribution in [1.82, 2.24) is 10.2 Å². The molecule has 2 aliphatic rings. The molecule has 0 unspecified atom stereocenters. The lowest BCUT2D eigenvalue weighted by Crippen LogP contribution is -2.45. The highest BCUT2D eigenvalue weighted by Gasteiger charge is 2.31. The van der Waals surface area contributed by atoms with E-state index in [0.717, 1.165) is 37.7 Å². The lowest BCUT2D eigenvalue weighted by atomic mass is 9.84. The van der Waals surface area contributed by atoms with Crippen LogP contribution in [0.4, 0.5) is 4.79 Å². The molecule has 2 fully saturated rings. The summed E-state index contributed by atoms with van der Waals surface area (Å²) in [5.74, 6) is -0.902. The summed E-state index contributed by atoms with van der Waals surface area (Å²) in [7, 11) is -2.27. The molecule has 2 amide bonds. The molecule has 0 bridgehead atoms. The monoisotopic (exact) mass is 694 g/mol. The predicted molar refractivity (Wildman–Crippen MR) is 192 cm³/mol. The number of hydrogen-bond donors (Lipinski definition) is 3. The first-order valence-corrected chi connectivity index (χ1v) is 19.7. The van der Waals surface area contributed by atoms with Gasteiger partial charge in [0.25, 0.3) is 0 Å². The number of nitrogens with one attached hydrogen (secondary N) is 2. The highest BCUT2D eigenvalue weighted by atomic mass is 32.2. The van der Waals surface area contributed by atoms with E-state index in [2.05, 4.69) is 5.32 Å². The molecule has 1 saturated carbocycles. The fraction of sp³-hybridized carbons (Fsp3) is 0.579. The first-order chi connectivity index (χ1) is 23.5. The van der Waals surface area contributed by atoms with E-state index >= 15 is 0 Å². The fourth-order valence-corrected chi connectivity index (χ4v) is 8.98. The van der Waals surface area contributed by atoms with E-state index in [-0.39, 0.29) is 47.5 Å². The van der Waals surface area contributed by atoms with E-state index in [9.17, 15) is 22.8 Å². The summed E-state index contributed by atoms with van der Waals surface area (Å²) in [6.07, 6.45) is 10.2. The number of likely N-dealkylation sites (tertiary alicyclic amines) is 1. The molecule has 4 N–H and O–H groups in total. The van der Waals surface area contributed by atoms with Gasteiger partial charge >= 0.3 is 6.09 Å². The van der Waals surface area contributed by atoms with Crippen LogP contribution in [0.3, 0.4) is 0 Å². The number of amidine groups is 1. The van der Waals surface area contributed by atoms with Gasteiger partial charge in [-0.2, -0.15) is 0 Å². The molecule has 0 radical (unpaired) electrons. The lowest BCUT2D eigenvalue weighted by molar-refractivity contribution is -0.130. The Labute approximate surface area is 292 Å². The Morgan fingerprint density at radius 3 is 2.16 bits per heavy atom. The van der Waals surface area contributed by atoms with E-state index in [1.165, 1.54) is 26.4 Å². The number of hydrogen-bond acceptors (Lipinski definition) is 7. The SMILES string of the molecule is COC(=O)N1CCC(CC[C@@H](CS(=O)(=O)Cc2ccccc2)C(=O)N[C@@H](CCC2CCCCC2)C(=O)CCc2ccc(C(=N)N)cc2)CC1. The van der Waals surface area contributed by atoms with Crippen LogP contribution >= 0.6 is 0 Å². The maximum absolute atomic E-state index is 14.0. The number of benzene rings is 2. The van der Waals surface area contributed by atoms with Gasteiger partial charge in [0.1, 0.15) is 5.84 Å². The second kappa shape index (κ2) is 18.9. The molecule has 49 heavy (non-hydrogen) atoms. The van der Waals surface area contributed by atoms with Crippen LogP contribution < -0.4 is 11.1 Å². The van der Waals surface area contributed by atoms with Gasteiger partial charge in [-0.3, -0.25) is 15.0 Å². The van der Waals surface area contributed by atoms with Crippen LogP contribution in [0.5, 0.6) is 0 Å². The van der Waals surface area contributed by atoms with Gasteiger partial charge in [-0.25, -0.2) is 13.2 Å². The summed E-state index contributed by atoms with van der Waals surface area (Å²) in [6.45, 7) is 1.13. The molecule has 268 valence electrons. The first-order valence-electron chi connectivity index (χ1n) is 17.9. The van der Waals surface area contributed by atoms with Crippen molar-refractivity contribution in [1.29, 1.82) is 5.41 Å². The van der Waals surface area contributed by atoms with Gasteiger partial charge < -0.3 is 20.7 Å². The minimum atomic E-state index is -3.64. The topological polar surface area (TPSA) is 160 Å². The Hall–Kier alpha value is -3.73. The van der Waals surface area contributed by atoms with E-state index in [1.54, 1.807) is 41.3 Å². The van der Waals surface area contributed by atoms with Gasteiger partial charge in [-0.15, -0.1) is 0 Å². The van der Waals surface area contributed by atoms with E-state index < -0.39 is 21.8 Å². The molecule has 10 nitrogen and oxygen atoms in total. The number of ether oxygens (including phenoxy) is 1. The van der Waals surface area contributed by atoms with Crippen LogP contribution in [-0.2, 0) is 36.3 Å². The van der Waals surface area contributed by atoms with Crippen LogP contribution in [-0.4, -0.2) is 68.9 Å². The molecule has 0 spiro atoms. The van der Waals surface area contributed by atoms with Gasteiger partial charge in [0, 0.05) is 25.1 Å². The number of nitrogen functional groups attached to an aromatic ring is 1. The Morgan fingerprint density at radius 2 is 1.53 bits per heavy atom. The summed E-state index contributed by atoms with van der Waals surface area (Å²) in [6, 6.07) is 15.6. The average molecular weight is 695 g/mol. The summed E-state index contributed by atoms with van der Waals surface area (Å²) < 4.78 is 31.8. The number of ketones is 1. The lowest BCUT2D eigenvalue weighted by Gasteiger charge is -2.31. The van der Waals surface area contributed by atoms with Crippen molar-refractivity contribution in [2.45, 2.75) is 95.3 Å². The normalized spacial score (nSPS) is 17.2. The molecule has 1 heterocycles. The van der Waals surface area contributed by atoms with E-state index in [1.807, 2.05) is 18.2 Å². The van der Waals surface area contributed by atoms with Crippen molar-refractivity contribution < 1.29 is 27.5 Å². The maximum Gasteiger partial charge on any atom is 0.409 e. The van der Waals surface area contributed by atoms with Gasteiger partial charge in [-0.1, -0.05) is 86.7 Å². The molecule has 2 aromatic carbocycles. The summed E-state index contributed by atoms with van der Waals surface area (Å²) in [5.41, 5.74) is 7.82. The first kappa shape index (κ1) is 38.1. The standard InChI is InChI=1S/C38H54N4O6S/c1-48-38(45)42-24-22-30(23-25-42)14-19-33(27-49(46,47)26-31-10-6-3-7-11-31)37(44)41-34(20-15-28-8-4-2-5-9-28)35(43)21-16-29-12-17-32(18-13-29)36(39)40/h3,6-7,10-13,17-18,28,30,33-34H,2,4-5,8-9,14-16,19-27H2,1H3,(H3,39,40)(H,41,44)/t33-,34-/m0/s1. The van der Waals surface area contributed by atoms with Crippen molar-refractivity contribution >= 4 is 33.5 Å². The van der Waals surface area contributed by atoms with Crippen LogP contribution in [0.15, 0.2) is 54.6 Å². The number of sulfone groups is 1. The Morgan fingerprint density at radius 1 is 0.898 bits per heavy atom. The Balaban J connectivity index is 1.46. The molecule has 2 atom stereocenters. The summed E-state index contributed by atoms with van der Waals surface area (Å²) in [5, 5.41) is 10.7. The van der Waals surface area contributed by atoms with Crippen LogP contribution in [0.1, 0.15) is 93.7 Å². The number of carbonyl (C=O) groups excluding carboxylic acids is 3. The largest absolute Gasteiger partial charge is 0.453 e. The van der Waals surface area contributed by atoms with Crippen molar-refractivity contribution in [3.05, 3.63) is 71.3 Å². The number of carbonyl (C=O) groups is 3. The summed E-state index contributed by atoms with van der Waals surface area (Å²) >= 11 is 0. The molecule has 1 aliphatic heterocycles. The number of Topliss-reactive ketones (excluding diaryl/α,β-unsaturated/α-hetero) is 1. The molecular weight excluding hydrogens is 641 g/mol. The van der Waals surface area contributed by atoms with Crippen molar-refractivity contribution in [2.24, 2.45) is 23.5 Å². The molecule has 1 aliphatic carbocycles. The maximum atomic E-state index is 14.0. The van der Waals surface area contributed by atoms with Gasteiger partial charge in [0.05, 0.1) is 30.6 Å². The number of rotatable bonds is 17. The fourth-order valence-electron chi connectivity index (χ4n) is 7.23. The van der Waals surface area contributed by atoms with Gasteiger partial charge in [0.15, 0.2) is 15.6 Å². The Kier molecular flexibility index (Phi) is 14.7. The van der Waals surface area contributed by atoms with E-state index in [4.69, 9.17) is 15.9 Å². The van der Waals surface area contributed by atoms with Crippen LogP contribution in [0, 0.1) is 23.2 Å². The average Bonchev–Trinajstić information content (AvgIpc) is 3.11. The zero-order valence-electron chi connectivity index (χ0n) is 28.9. The van der Waals surface area contributed by atoms with Crippen molar-refractivity contribution in [2.75, 3.05) is 26.0 Å². The second-order valence-electron chi connectivity index (χ2n) is 13.9. The Bertz CT molecular complexity index is 1480. The van der Waals surface area contributed by atoms with Gasteiger partial charge in [-0.05, 0) is 67.9 Å². The smallest absolute Gasteiger partial charge is 0.409 e. The van der Waals surface area contributed by atoms with Crippen molar-refractivity contribution in [3.63, 3.8) is 0 Å². The van der Waals surface area contributed by atoms with Crippen LogP contribution in [0.2, 0.25) is 0 Å². The number of piperidine rings is 1. The quantitative estimate of drug-likeness (QED) is 0.139. The third-order valence-electron chi connectivity index (χ3n) is 10.2. The van der Waals surface area contributed by atoms with Crippen molar-refractivity contribution in [3.8, 4) is 0 Å². The number of nitrogens with zero attached hydrogens (tertiary/aromatic N) is 1. The molecular formula is C38H54N4O6S. The molecule has 1 saturated heterocycles. The zero-order chi connectivity index (χ0) is 35.2. The van der Waals surface area contributed by atoms with Crippen LogP contribution in [0.25, 0.3) is 0 Å². The minimum absolute atomic E-state index is 0.0138. The molecule has 0 aromatic heterocycles. The van der Waals surface area contributed by atoms with E-state index in [0.29, 0.717) is 55.8 Å². The number of amides is 2. The molecule has 11 heteroatoms. The highest BCUT2D eigenvalue weighted by molar-refractivity contribution is 7.90. The minimum Gasteiger partial charge on any atom is -0.453 e. The number of aryl methyl sites for hydroxylation is 1. The summed E-state index contributed by atoms with van der Waals surface area (Å²) in [4.78, 5) is 41.4. The van der Waals surface area contributed by atoms with Gasteiger partial charge in [0.2, 0.25) is 5.91 Å². The zero-order valence-corrected chi connectivity index (χ0v) is 29.7. The molecule has 2 aromatic rings.